The van der Waals surface area contributed by atoms with Crippen LogP contribution in [-0.2, 0) is 9.59 Å². The number of carbonyl (C=O) groups excluding carboxylic acids is 2. The van der Waals surface area contributed by atoms with E-state index in [2.05, 4.69) is 6.92 Å². The molecule has 1 heterocycles. The van der Waals surface area contributed by atoms with Crippen molar-refractivity contribution in [2.24, 2.45) is 0 Å². The van der Waals surface area contributed by atoms with E-state index >= 15 is 0 Å². The van der Waals surface area contributed by atoms with Crippen molar-refractivity contribution in [1.82, 2.24) is 9.80 Å². The fourth-order valence-electron chi connectivity index (χ4n) is 4.02. The van der Waals surface area contributed by atoms with Crippen LogP contribution < -0.4 is 9.47 Å². The highest BCUT2D eigenvalue weighted by atomic mass is 16.5. The van der Waals surface area contributed by atoms with E-state index in [1.165, 1.54) is 7.11 Å². The standard InChI is InChI=1S/C27H34N2O5/c1-5-6-17-34-21-13-11-19(12-14-21)24-23(25(30)20-9-7-10-22(18-20)33-4)26(31)27(32)29(24)16-8-15-28(2)3/h7,9-14,18,24,30H,5-6,8,15-17H2,1-4H3/b25-23+. The van der Waals surface area contributed by atoms with Gasteiger partial charge in [0.05, 0.1) is 25.3 Å². The van der Waals surface area contributed by atoms with E-state index in [9.17, 15) is 14.7 Å². The van der Waals surface area contributed by atoms with Crippen molar-refractivity contribution >= 4 is 17.4 Å². The van der Waals surface area contributed by atoms with Crippen LogP contribution in [0.4, 0.5) is 0 Å². The number of hydrogen-bond acceptors (Lipinski definition) is 6. The maximum absolute atomic E-state index is 13.1. The van der Waals surface area contributed by atoms with Gasteiger partial charge >= 0.3 is 0 Å². The van der Waals surface area contributed by atoms with Crippen LogP contribution in [0.25, 0.3) is 5.76 Å². The van der Waals surface area contributed by atoms with Gasteiger partial charge in [0, 0.05) is 12.1 Å². The molecule has 0 bridgehead atoms. The Labute approximate surface area is 201 Å². The number of ketones is 1. The lowest BCUT2D eigenvalue weighted by atomic mass is 9.95. The highest BCUT2D eigenvalue weighted by molar-refractivity contribution is 6.46. The molecular formula is C27H34N2O5. The minimum atomic E-state index is -0.682. The topological polar surface area (TPSA) is 79.3 Å². The SMILES string of the molecule is CCCCOc1ccc(C2/C(=C(\O)c3cccc(OC)c3)C(=O)C(=O)N2CCCN(C)C)cc1. The van der Waals surface area contributed by atoms with Gasteiger partial charge in [-0.2, -0.15) is 0 Å². The number of nitrogens with zero attached hydrogens (tertiary/aromatic N) is 2. The van der Waals surface area contributed by atoms with Crippen molar-refractivity contribution in [2.75, 3.05) is 40.9 Å². The van der Waals surface area contributed by atoms with Gasteiger partial charge in [-0.25, -0.2) is 0 Å². The average Bonchev–Trinajstić information content (AvgIpc) is 3.09. The Morgan fingerprint density at radius 1 is 1.06 bits per heavy atom. The van der Waals surface area contributed by atoms with Gasteiger partial charge in [-0.1, -0.05) is 37.6 Å². The first-order chi connectivity index (χ1) is 16.4. The molecule has 34 heavy (non-hydrogen) atoms. The van der Waals surface area contributed by atoms with Crippen LogP contribution >= 0.6 is 0 Å². The summed E-state index contributed by atoms with van der Waals surface area (Å²) in [5.74, 6) is -0.209. The lowest BCUT2D eigenvalue weighted by Gasteiger charge is -2.26. The van der Waals surface area contributed by atoms with Crippen LogP contribution in [0, 0.1) is 0 Å². The molecule has 2 aromatic rings. The monoisotopic (exact) mass is 466 g/mol. The summed E-state index contributed by atoms with van der Waals surface area (Å²) < 4.78 is 11.0. The van der Waals surface area contributed by atoms with E-state index < -0.39 is 17.7 Å². The molecule has 1 saturated heterocycles. The number of likely N-dealkylation sites (tertiary alicyclic amines) is 1. The van der Waals surface area contributed by atoms with Gasteiger partial charge in [-0.15, -0.1) is 0 Å². The quantitative estimate of drug-likeness (QED) is 0.231. The molecular weight excluding hydrogens is 432 g/mol. The second kappa shape index (κ2) is 11.7. The summed E-state index contributed by atoms with van der Waals surface area (Å²) in [6, 6.07) is 13.6. The first kappa shape index (κ1) is 25.3. The minimum Gasteiger partial charge on any atom is -0.507 e. The van der Waals surface area contributed by atoms with Gasteiger partial charge in [0.1, 0.15) is 17.3 Å². The predicted molar refractivity (Wildman–Crippen MR) is 132 cm³/mol. The Balaban J connectivity index is 2.01. The first-order valence-corrected chi connectivity index (χ1v) is 11.7. The van der Waals surface area contributed by atoms with Crippen LogP contribution in [0.5, 0.6) is 11.5 Å². The molecule has 1 unspecified atom stereocenters. The zero-order valence-electron chi connectivity index (χ0n) is 20.4. The maximum atomic E-state index is 13.1. The summed E-state index contributed by atoms with van der Waals surface area (Å²) in [5, 5.41) is 11.2. The molecule has 182 valence electrons. The summed E-state index contributed by atoms with van der Waals surface area (Å²) >= 11 is 0. The molecule has 0 spiro atoms. The van der Waals surface area contributed by atoms with E-state index in [0.29, 0.717) is 30.9 Å². The largest absolute Gasteiger partial charge is 0.507 e. The summed E-state index contributed by atoms with van der Waals surface area (Å²) in [7, 11) is 5.46. The van der Waals surface area contributed by atoms with Crippen molar-refractivity contribution in [2.45, 2.75) is 32.2 Å². The normalized spacial score (nSPS) is 17.4. The molecule has 1 aliphatic heterocycles. The molecule has 1 N–H and O–H groups in total. The molecule has 1 aliphatic rings. The molecule has 7 heteroatoms. The Morgan fingerprint density at radius 2 is 1.79 bits per heavy atom. The summed E-state index contributed by atoms with van der Waals surface area (Å²) in [6.45, 7) is 3.91. The van der Waals surface area contributed by atoms with Crippen LogP contribution in [0.15, 0.2) is 54.1 Å². The van der Waals surface area contributed by atoms with Crippen LogP contribution in [0.1, 0.15) is 43.4 Å². The summed E-state index contributed by atoms with van der Waals surface area (Å²) in [5.41, 5.74) is 1.26. The Kier molecular flexibility index (Phi) is 8.71. The fraction of sp³-hybridized carbons (Fsp3) is 0.407. The van der Waals surface area contributed by atoms with Crippen molar-refractivity contribution < 1.29 is 24.2 Å². The molecule has 3 rings (SSSR count). The third-order valence-corrected chi connectivity index (χ3v) is 5.85. The van der Waals surface area contributed by atoms with Crippen LogP contribution in [0.3, 0.4) is 0 Å². The van der Waals surface area contributed by atoms with Crippen LogP contribution in [-0.4, -0.2) is 67.5 Å². The number of ether oxygens (including phenoxy) is 2. The van der Waals surface area contributed by atoms with Gasteiger partial charge in [-0.3, -0.25) is 9.59 Å². The molecule has 2 aromatic carbocycles. The zero-order chi connectivity index (χ0) is 24.7. The van der Waals surface area contributed by atoms with E-state index in [1.807, 2.05) is 43.3 Å². The lowest BCUT2D eigenvalue weighted by molar-refractivity contribution is -0.139. The third-order valence-electron chi connectivity index (χ3n) is 5.85. The highest BCUT2D eigenvalue weighted by Crippen LogP contribution is 2.40. The van der Waals surface area contributed by atoms with E-state index in [-0.39, 0.29) is 11.3 Å². The average molecular weight is 467 g/mol. The number of methoxy groups -OCH3 is 1. The Bertz CT molecular complexity index is 1030. The summed E-state index contributed by atoms with van der Waals surface area (Å²) in [6.07, 6.45) is 2.71. The zero-order valence-corrected chi connectivity index (χ0v) is 20.4. The van der Waals surface area contributed by atoms with Gasteiger partial charge in [-0.05, 0) is 63.3 Å². The number of rotatable bonds is 11. The number of hydrogen-bond donors (Lipinski definition) is 1. The summed E-state index contributed by atoms with van der Waals surface area (Å²) in [4.78, 5) is 29.8. The number of aliphatic hydroxyl groups excluding tert-OH is 1. The Morgan fingerprint density at radius 3 is 2.44 bits per heavy atom. The van der Waals surface area contributed by atoms with E-state index in [0.717, 1.165) is 30.7 Å². The molecule has 0 radical (unpaired) electrons. The number of unbranched alkanes of at least 4 members (excludes halogenated alkanes) is 1. The minimum absolute atomic E-state index is 0.0859. The molecule has 0 aliphatic carbocycles. The number of benzene rings is 2. The van der Waals surface area contributed by atoms with Gasteiger partial charge < -0.3 is 24.4 Å². The highest BCUT2D eigenvalue weighted by Gasteiger charge is 2.45. The predicted octanol–water partition coefficient (Wildman–Crippen LogP) is 4.25. The second-order valence-corrected chi connectivity index (χ2v) is 8.65. The molecule has 7 nitrogen and oxygen atoms in total. The van der Waals surface area contributed by atoms with Crippen molar-refractivity contribution in [3.63, 3.8) is 0 Å². The van der Waals surface area contributed by atoms with Gasteiger partial charge in [0.15, 0.2) is 0 Å². The Hall–Kier alpha value is -3.32. The van der Waals surface area contributed by atoms with Crippen LogP contribution in [0.2, 0.25) is 0 Å². The molecule has 0 saturated carbocycles. The smallest absolute Gasteiger partial charge is 0.295 e. The maximum Gasteiger partial charge on any atom is 0.295 e. The molecule has 1 amide bonds. The van der Waals surface area contributed by atoms with Gasteiger partial charge in [0.25, 0.3) is 11.7 Å². The molecule has 1 atom stereocenters. The number of carbonyl (C=O) groups is 2. The third kappa shape index (κ3) is 5.78. The van der Waals surface area contributed by atoms with Crippen molar-refractivity contribution in [3.8, 4) is 11.5 Å². The van der Waals surface area contributed by atoms with E-state index in [4.69, 9.17) is 9.47 Å². The fourth-order valence-corrected chi connectivity index (χ4v) is 4.02. The number of Topliss-reactive ketones (excluding diaryl/α,β-unsaturated/α-hetero) is 1. The van der Waals surface area contributed by atoms with E-state index in [1.54, 1.807) is 29.2 Å². The molecule has 1 fully saturated rings. The molecule has 0 aromatic heterocycles. The second-order valence-electron chi connectivity index (χ2n) is 8.65. The van der Waals surface area contributed by atoms with Crippen molar-refractivity contribution in [3.05, 3.63) is 65.2 Å². The van der Waals surface area contributed by atoms with Gasteiger partial charge in [0.2, 0.25) is 0 Å². The lowest BCUT2D eigenvalue weighted by Crippen LogP contribution is -2.32. The number of aliphatic hydroxyl groups is 1. The van der Waals surface area contributed by atoms with Crippen molar-refractivity contribution in [1.29, 1.82) is 0 Å². The number of amides is 1. The first-order valence-electron chi connectivity index (χ1n) is 11.7.